The molecule has 0 bridgehead atoms. The summed E-state index contributed by atoms with van der Waals surface area (Å²) in [6.07, 6.45) is 1.68. The molecule has 110 valence electrons. The van der Waals surface area contributed by atoms with Crippen LogP contribution in [0.4, 0.5) is 0 Å². The molecule has 0 saturated carbocycles. The van der Waals surface area contributed by atoms with Crippen LogP contribution < -0.4 is 5.32 Å². The van der Waals surface area contributed by atoms with Crippen molar-refractivity contribution in [3.05, 3.63) is 23.5 Å². The van der Waals surface area contributed by atoms with Gasteiger partial charge in [-0.1, -0.05) is 0 Å². The van der Waals surface area contributed by atoms with Gasteiger partial charge in [-0.3, -0.25) is 9.59 Å². The van der Waals surface area contributed by atoms with Crippen LogP contribution >= 0.6 is 0 Å². The fourth-order valence-electron chi connectivity index (χ4n) is 2.88. The SMILES string of the molecule is CC(=O)N1CCCC1C(=O)NCCn1c(C)ccc1C. The summed E-state index contributed by atoms with van der Waals surface area (Å²) in [5.41, 5.74) is 2.39. The van der Waals surface area contributed by atoms with Crippen LogP contribution in [0.3, 0.4) is 0 Å². The number of amides is 2. The van der Waals surface area contributed by atoms with Gasteiger partial charge >= 0.3 is 0 Å². The lowest BCUT2D eigenvalue weighted by Gasteiger charge is -2.22. The number of carbonyl (C=O) groups is 2. The molecule has 0 radical (unpaired) electrons. The van der Waals surface area contributed by atoms with E-state index in [1.54, 1.807) is 4.90 Å². The van der Waals surface area contributed by atoms with E-state index in [-0.39, 0.29) is 17.9 Å². The molecule has 0 aliphatic carbocycles. The summed E-state index contributed by atoms with van der Waals surface area (Å²) in [6, 6.07) is 3.87. The fourth-order valence-corrected chi connectivity index (χ4v) is 2.88. The highest BCUT2D eigenvalue weighted by molar-refractivity contribution is 5.87. The van der Waals surface area contributed by atoms with Crippen LogP contribution in [0.2, 0.25) is 0 Å². The number of aryl methyl sites for hydroxylation is 2. The predicted octanol–water partition coefficient (Wildman–Crippen LogP) is 1.23. The standard InChI is InChI=1S/C15H23N3O2/c1-11-6-7-12(2)17(11)10-8-16-15(20)14-5-4-9-18(14)13(3)19/h6-7,14H,4-5,8-10H2,1-3H3,(H,16,20). The highest BCUT2D eigenvalue weighted by Gasteiger charge is 2.31. The van der Waals surface area contributed by atoms with Crippen LogP contribution in [0.1, 0.15) is 31.2 Å². The third-order valence-corrected chi connectivity index (χ3v) is 4.01. The van der Waals surface area contributed by atoms with E-state index in [0.717, 1.165) is 19.4 Å². The summed E-state index contributed by atoms with van der Waals surface area (Å²) in [5.74, 6) is -0.0417. The molecule has 20 heavy (non-hydrogen) atoms. The van der Waals surface area contributed by atoms with Crippen LogP contribution in [0, 0.1) is 13.8 Å². The van der Waals surface area contributed by atoms with Crippen LogP contribution in [0.25, 0.3) is 0 Å². The summed E-state index contributed by atoms with van der Waals surface area (Å²) >= 11 is 0. The van der Waals surface area contributed by atoms with E-state index >= 15 is 0 Å². The van der Waals surface area contributed by atoms with Gasteiger partial charge in [0.05, 0.1) is 0 Å². The van der Waals surface area contributed by atoms with Crippen LogP contribution in [-0.2, 0) is 16.1 Å². The molecular weight excluding hydrogens is 254 g/mol. The Morgan fingerprint density at radius 2 is 1.95 bits per heavy atom. The van der Waals surface area contributed by atoms with Gasteiger partial charge in [0.1, 0.15) is 6.04 Å². The average molecular weight is 277 g/mol. The topological polar surface area (TPSA) is 54.3 Å². The highest BCUT2D eigenvalue weighted by Crippen LogP contribution is 2.17. The smallest absolute Gasteiger partial charge is 0.242 e. The summed E-state index contributed by atoms with van der Waals surface area (Å²) in [7, 11) is 0. The second kappa shape index (κ2) is 6.11. The molecule has 0 aromatic carbocycles. The van der Waals surface area contributed by atoms with Gasteiger partial charge in [-0.05, 0) is 38.8 Å². The lowest BCUT2D eigenvalue weighted by atomic mass is 10.2. The Hall–Kier alpha value is -1.78. The van der Waals surface area contributed by atoms with Crippen molar-refractivity contribution in [3.8, 4) is 0 Å². The monoisotopic (exact) mass is 277 g/mol. The Morgan fingerprint density at radius 1 is 1.30 bits per heavy atom. The molecular formula is C15H23N3O2. The van der Waals surface area contributed by atoms with Crippen molar-refractivity contribution < 1.29 is 9.59 Å². The van der Waals surface area contributed by atoms with Crippen molar-refractivity contribution in [3.63, 3.8) is 0 Å². The molecule has 2 rings (SSSR count). The lowest BCUT2D eigenvalue weighted by molar-refractivity contribution is -0.136. The molecule has 5 nitrogen and oxygen atoms in total. The first-order valence-electron chi connectivity index (χ1n) is 7.18. The molecule has 5 heteroatoms. The Labute approximate surface area is 119 Å². The molecule has 1 aliphatic heterocycles. The molecule has 1 unspecified atom stereocenters. The van der Waals surface area contributed by atoms with E-state index in [1.165, 1.54) is 18.3 Å². The number of hydrogen-bond acceptors (Lipinski definition) is 2. The van der Waals surface area contributed by atoms with E-state index in [1.807, 2.05) is 0 Å². The molecule has 1 aromatic rings. The Bertz CT molecular complexity index is 488. The third kappa shape index (κ3) is 3.03. The fraction of sp³-hybridized carbons (Fsp3) is 0.600. The van der Waals surface area contributed by atoms with Crippen molar-refractivity contribution in [2.45, 2.75) is 46.2 Å². The van der Waals surface area contributed by atoms with Gasteiger partial charge in [-0.15, -0.1) is 0 Å². The number of carbonyl (C=O) groups excluding carboxylic acids is 2. The number of aromatic nitrogens is 1. The van der Waals surface area contributed by atoms with Crippen molar-refractivity contribution in [1.29, 1.82) is 0 Å². The van der Waals surface area contributed by atoms with E-state index < -0.39 is 0 Å². The second-order valence-electron chi connectivity index (χ2n) is 5.43. The van der Waals surface area contributed by atoms with E-state index in [0.29, 0.717) is 13.1 Å². The van der Waals surface area contributed by atoms with Gasteiger partial charge in [-0.2, -0.15) is 0 Å². The minimum Gasteiger partial charge on any atom is -0.353 e. The van der Waals surface area contributed by atoms with Gasteiger partial charge in [-0.25, -0.2) is 0 Å². The van der Waals surface area contributed by atoms with Crippen molar-refractivity contribution in [2.24, 2.45) is 0 Å². The van der Waals surface area contributed by atoms with Gasteiger partial charge in [0.25, 0.3) is 0 Å². The highest BCUT2D eigenvalue weighted by atomic mass is 16.2. The summed E-state index contributed by atoms with van der Waals surface area (Å²) in [4.78, 5) is 25.3. The first kappa shape index (κ1) is 14.6. The zero-order chi connectivity index (χ0) is 14.7. The number of hydrogen-bond donors (Lipinski definition) is 1. The van der Waals surface area contributed by atoms with Crippen molar-refractivity contribution in [1.82, 2.24) is 14.8 Å². The van der Waals surface area contributed by atoms with Gasteiger partial charge < -0.3 is 14.8 Å². The normalized spacial score (nSPS) is 18.4. The maximum absolute atomic E-state index is 12.1. The Balaban J connectivity index is 1.85. The minimum absolute atomic E-state index is 0.0141. The molecule has 1 N–H and O–H groups in total. The maximum atomic E-state index is 12.1. The molecule has 2 amide bonds. The average Bonchev–Trinajstić information content (AvgIpc) is 2.99. The van der Waals surface area contributed by atoms with Gasteiger partial charge in [0.2, 0.25) is 11.8 Å². The summed E-state index contributed by atoms with van der Waals surface area (Å²) in [5, 5.41) is 2.95. The largest absolute Gasteiger partial charge is 0.353 e. The summed E-state index contributed by atoms with van der Waals surface area (Å²) in [6.45, 7) is 7.70. The first-order valence-corrected chi connectivity index (χ1v) is 7.18. The molecule has 1 aliphatic rings. The van der Waals surface area contributed by atoms with E-state index in [2.05, 4.69) is 35.9 Å². The lowest BCUT2D eigenvalue weighted by Crippen LogP contribution is -2.45. The van der Waals surface area contributed by atoms with E-state index in [9.17, 15) is 9.59 Å². The van der Waals surface area contributed by atoms with Gasteiger partial charge in [0.15, 0.2) is 0 Å². The number of rotatable bonds is 4. The molecule has 0 spiro atoms. The zero-order valence-electron chi connectivity index (χ0n) is 12.5. The maximum Gasteiger partial charge on any atom is 0.242 e. The number of nitrogens with zero attached hydrogens (tertiary/aromatic N) is 2. The first-order chi connectivity index (χ1) is 9.50. The molecule has 1 saturated heterocycles. The molecule has 1 fully saturated rings. The van der Waals surface area contributed by atoms with Crippen LogP contribution in [0.15, 0.2) is 12.1 Å². The minimum atomic E-state index is -0.278. The number of nitrogens with one attached hydrogen (secondary N) is 1. The quantitative estimate of drug-likeness (QED) is 0.900. The molecule has 2 heterocycles. The molecule has 1 aromatic heterocycles. The third-order valence-electron chi connectivity index (χ3n) is 4.01. The number of likely N-dealkylation sites (tertiary alicyclic amines) is 1. The van der Waals surface area contributed by atoms with Crippen LogP contribution in [-0.4, -0.2) is 40.4 Å². The zero-order valence-corrected chi connectivity index (χ0v) is 12.5. The molecule has 1 atom stereocenters. The van der Waals surface area contributed by atoms with Crippen molar-refractivity contribution >= 4 is 11.8 Å². The second-order valence-corrected chi connectivity index (χ2v) is 5.43. The van der Waals surface area contributed by atoms with Crippen LogP contribution in [0.5, 0.6) is 0 Å². The van der Waals surface area contributed by atoms with Crippen molar-refractivity contribution in [2.75, 3.05) is 13.1 Å². The van der Waals surface area contributed by atoms with E-state index in [4.69, 9.17) is 0 Å². The van der Waals surface area contributed by atoms with Gasteiger partial charge in [0, 0.05) is 37.9 Å². The Kier molecular flexibility index (Phi) is 4.47. The Morgan fingerprint density at radius 3 is 2.55 bits per heavy atom. The summed E-state index contributed by atoms with van der Waals surface area (Å²) < 4.78 is 2.18. The predicted molar refractivity (Wildman–Crippen MR) is 77.3 cm³/mol.